The summed E-state index contributed by atoms with van der Waals surface area (Å²) in [7, 11) is 1.46. The molecule has 2 aliphatic heterocycles. The van der Waals surface area contributed by atoms with Crippen molar-refractivity contribution in [3.8, 4) is 5.75 Å². The molecule has 1 aromatic heterocycles. The van der Waals surface area contributed by atoms with E-state index in [-0.39, 0.29) is 17.7 Å². The van der Waals surface area contributed by atoms with Gasteiger partial charge in [0.1, 0.15) is 0 Å². The standard InChI is InChI=1S/C23H34FN7OS/c1-3-30-11-6-8-17(30)14-26-22-27-21(25)28-23(29-22)31(18-7-4-5-12-33-15-18)16-9-10-20(32-2)19(24)13-16/h9-10,13,17-18H,3-8,11-12,14-15H2,1-2H3,(H3,25,26,27,28,29). The van der Waals surface area contributed by atoms with Crippen molar-refractivity contribution in [2.75, 3.05) is 54.2 Å². The minimum absolute atomic E-state index is 0.130. The van der Waals surface area contributed by atoms with Crippen LogP contribution in [0.4, 0.5) is 27.9 Å². The second-order valence-corrected chi connectivity index (χ2v) is 9.69. The third-order valence-electron chi connectivity index (χ3n) is 6.42. The van der Waals surface area contributed by atoms with Crippen molar-refractivity contribution < 1.29 is 9.13 Å². The lowest BCUT2D eigenvalue weighted by molar-refractivity contribution is 0.277. The van der Waals surface area contributed by atoms with Crippen LogP contribution in [-0.2, 0) is 0 Å². The summed E-state index contributed by atoms with van der Waals surface area (Å²) in [5.74, 6) is 2.90. The molecule has 2 fully saturated rings. The lowest BCUT2D eigenvalue weighted by Gasteiger charge is -2.31. The maximum Gasteiger partial charge on any atom is 0.236 e. The average Bonchev–Trinajstić information content (AvgIpc) is 3.11. The molecular formula is C23H34FN7OS. The first-order chi connectivity index (χ1) is 16.1. The van der Waals surface area contributed by atoms with E-state index < -0.39 is 5.82 Å². The first-order valence-corrected chi connectivity index (χ1v) is 12.9. The van der Waals surface area contributed by atoms with Gasteiger partial charge in [0.05, 0.1) is 7.11 Å². The van der Waals surface area contributed by atoms with E-state index in [9.17, 15) is 4.39 Å². The van der Waals surface area contributed by atoms with Crippen molar-refractivity contribution >= 4 is 35.3 Å². The molecule has 2 aromatic rings. The van der Waals surface area contributed by atoms with Gasteiger partial charge < -0.3 is 20.7 Å². The summed E-state index contributed by atoms with van der Waals surface area (Å²) < 4.78 is 19.8. The topological polar surface area (TPSA) is 92.4 Å². The molecule has 3 heterocycles. The molecule has 8 nitrogen and oxygen atoms in total. The third-order valence-corrected chi connectivity index (χ3v) is 7.62. The Balaban J connectivity index is 1.63. The Morgan fingerprint density at radius 3 is 2.91 bits per heavy atom. The molecule has 0 bridgehead atoms. The zero-order valence-electron chi connectivity index (χ0n) is 19.5. The van der Waals surface area contributed by atoms with E-state index in [0.29, 0.717) is 23.6 Å². The molecule has 2 atom stereocenters. The minimum atomic E-state index is -0.414. The Bertz CT molecular complexity index is 926. The number of likely N-dealkylation sites (N-methyl/N-ethyl adjacent to an activating group) is 1. The predicted octanol–water partition coefficient (Wildman–Crippen LogP) is 3.92. The number of aromatic nitrogens is 3. The second-order valence-electron chi connectivity index (χ2n) is 8.54. The van der Waals surface area contributed by atoms with Crippen LogP contribution >= 0.6 is 11.8 Å². The van der Waals surface area contributed by atoms with E-state index in [1.807, 2.05) is 22.7 Å². The third kappa shape index (κ3) is 5.78. The molecule has 0 aliphatic carbocycles. The van der Waals surface area contributed by atoms with Crippen LogP contribution in [0.5, 0.6) is 5.75 Å². The molecule has 0 saturated carbocycles. The van der Waals surface area contributed by atoms with Crippen LogP contribution in [0, 0.1) is 5.82 Å². The first-order valence-electron chi connectivity index (χ1n) is 11.8. The van der Waals surface area contributed by atoms with Gasteiger partial charge in [0, 0.05) is 36.1 Å². The van der Waals surface area contributed by atoms with Gasteiger partial charge >= 0.3 is 0 Å². The van der Waals surface area contributed by atoms with Gasteiger partial charge in [-0.15, -0.1) is 0 Å². The summed E-state index contributed by atoms with van der Waals surface area (Å²) >= 11 is 1.91. The zero-order chi connectivity index (χ0) is 23.2. The number of nitrogens with zero attached hydrogens (tertiary/aromatic N) is 5. The summed E-state index contributed by atoms with van der Waals surface area (Å²) in [5, 5.41) is 3.37. The number of hydrogen-bond acceptors (Lipinski definition) is 9. The van der Waals surface area contributed by atoms with Gasteiger partial charge in [-0.05, 0) is 56.7 Å². The van der Waals surface area contributed by atoms with Crippen molar-refractivity contribution in [3.05, 3.63) is 24.0 Å². The van der Waals surface area contributed by atoms with Crippen molar-refractivity contribution in [1.82, 2.24) is 19.9 Å². The van der Waals surface area contributed by atoms with Crippen molar-refractivity contribution in [2.24, 2.45) is 0 Å². The number of anilines is 4. The maximum atomic E-state index is 14.6. The number of methoxy groups -OCH3 is 1. The molecule has 1 aromatic carbocycles. The van der Waals surface area contributed by atoms with Gasteiger partial charge in [-0.2, -0.15) is 26.7 Å². The Morgan fingerprint density at radius 1 is 1.24 bits per heavy atom. The summed E-state index contributed by atoms with van der Waals surface area (Å²) in [6, 6.07) is 5.57. The average molecular weight is 476 g/mol. The number of halogens is 1. The van der Waals surface area contributed by atoms with Crippen LogP contribution in [0.25, 0.3) is 0 Å². The van der Waals surface area contributed by atoms with Gasteiger partial charge in [-0.3, -0.25) is 4.90 Å². The Labute approximate surface area is 199 Å². The highest BCUT2D eigenvalue weighted by atomic mass is 32.2. The molecule has 0 spiro atoms. The Morgan fingerprint density at radius 2 is 2.12 bits per heavy atom. The fourth-order valence-electron chi connectivity index (χ4n) is 4.70. The van der Waals surface area contributed by atoms with E-state index in [4.69, 9.17) is 15.5 Å². The quantitative estimate of drug-likeness (QED) is 0.589. The number of nitrogen functional groups attached to an aromatic ring is 1. The van der Waals surface area contributed by atoms with E-state index in [2.05, 4.69) is 27.1 Å². The zero-order valence-corrected chi connectivity index (χ0v) is 20.3. The van der Waals surface area contributed by atoms with Crippen molar-refractivity contribution in [1.29, 1.82) is 0 Å². The smallest absolute Gasteiger partial charge is 0.236 e. The SMILES string of the molecule is CCN1CCCC1CNc1nc(N)nc(N(c2ccc(OC)c(F)c2)C2CCCCSC2)n1. The number of benzene rings is 1. The summed E-state index contributed by atoms with van der Waals surface area (Å²) in [6.45, 7) is 5.11. The highest BCUT2D eigenvalue weighted by Gasteiger charge is 2.27. The number of thioether (sulfide) groups is 1. The van der Waals surface area contributed by atoms with E-state index in [1.54, 1.807) is 6.07 Å². The monoisotopic (exact) mass is 475 g/mol. The number of likely N-dealkylation sites (tertiary alicyclic amines) is 1. The maximum absolute atomic E-state index is 14.6. The molecule has 2 unspecified atom stereocenters. The predicted molar refractivity (Wildman–Crippen MR) is 133 cm³/mol. The number of nitrogens with one attached hydrogen (secondary N) is 1. The molecular weight excluding hydrogens is 441 g/mol. The highest BCUT2D eigenvalue weighted by molar-refractivity contribution is 7.99. The van der Waals surface area contributed by atoms with Crippen LogP contribution in [0.1, 0.15) is 39.0 Å². The normalized spacial score (nSPS) is 21.5. The number of nitrogens with two attached hydrogens (primary N) is 1. The van der Waals surface area contributed by atoms with Crippen molar-refractivity contribution in [3.63, 3.8) is 0 Å². The fourth-order valence-corrected chi connectivity index (χ4v) is 5.87. The highest BCUT2D eigenvalue weighted by Crippen LogP contribution is 2.34. The molecule has 0 radical (unpaired) electrons. The lowest BCUT2D eigenvalue weighted by Crippen LogP contribution is -2.36. The van der Waals surface area contributed by atoms with Gasteiger partial charge in [0.15, 0.2) is 11.6 Å². The van der Waals surface area contributed by atoms with Gasteiger partial charge in [0.25, 0.3) is 0 Å². The Hall–Kier alpha value is -2.33. The molecule has 0 amide bonds. The largest absolute Gasteiger partial charge is 0.494 e. The molecule has 2 saturated heterocycles. The molecule has 180 valence electrons. The van der Waals surface area contributed by atoms with Gasteiger partial charge in [-0.25, -0.2) is 4.39 Å². The summed E-state index contributed by atoms with van der Waals surface area (Å²) in [4.78, 5) is 18.0. The fraction of sp³-hybridized carbons (Fsp3) is 0.609. The number of hydrogen-bond donors (Lipinski definition) is 2. The molecule has 2 aliphatic rings. The van der Waals surface area contributed by atoms with E-state index in [0.717, 1.165) is 50.4 Å². The minimum Gasteiger partial charge on any atom is -0.494 e. The molecule has 33 heavy (non-hydrogen) atoms. The van der Waals surface area contributed by atoms with Crippen LogP contribution in [0.3, 0.4) is 0 Å². The molecule has 10 heteroatoms. The van der Waals surface area contributed by atoms with E-state index in [1.165, 1.54) is 26.0 Å². The van der Waals surface area contributed by atoms with Gasteiger partial charge in [-0.1, -0.05) is 13.3 Å². The van der Waals surface area contributed by atoms with Crippen LogP contribution < -0.4 is 20.7 Å². The first kappa shape index (κ1) is 23.8. The second kappa shape index (κ2) is 11.2. The van der Waals surface area contributed by atoms with Crippen LogP contribution in [0.15, 0.2) is 18.2 Å². The molecule has 4 rings (SSSR count). The number of ether oxygens (including phenoxy) is 1. The summed E-state index contributed by atoms with van der Waals surface area (Å²) in [5.41, 5.74) is 6.80. The van der Waals surface area contributed by atoms with Crippen LogP contribution in [-0.4, -0.2) is 70.2 Å². The van der Waals surface area contributed by atoms with Crippen LogP contribution in [0.2, 0.25) is 0 Å². The van der Waals surface area contributed by atoms with Crippen molar-refractivity contribution in [2.45, 2.75) is 51.1 Å². The molecule has 3 N–H and O–H groups in total. The summed E-state index contributed by atoms with van der Waals surface area (Å²) in [6.07, 6.45) is 5.62. The van der Waals surface area contributed by atoms with E-state index >= 15 is 0 Å². The number of rotatable bonds is 8. The lowest BCUT2D eigenvalue weighted by atomic mass is 10.1. The Kier molecular flexibility index (Phi) is 8.08. The van der Waals surface area contributed by atoms with Gasteiger partial charge in [0.2, 0.25) is 17.8 Å².